The van der Waals surface area contributed by atoms with Crippen LogP contribution in [-0.2, 0) is 26.9 Å². The van der Waals surface area contributed by atoms with Crippen molar-refractivity contribution >= 4 is 34.8 Å². The predicted molar refractivity (Wildman–Crippen MR) is 226 cm³/mol. The number of H-pyrrole nitrogens is 1. The number of nitrogens with two attached hydrogens (primary N) is 2. The molecule has 5 N–H and O–H groups in total. The van der Waals surface area contributed by atoms with E-state index in [9.17, 15) is 18.4 Å². The fourth-order valence-electron chi connectivity index (χ4n) is 6.27. The summed E-state index contributed by atoms with van der Waals surface area (Å²) < 4.78 is 35.1. The van der Waals surface area contributed by atoms with Crippen molar-refractivity contribution in [1.82, 2.24) is 78.2 Å². The van der Waals surface area contributed by atoms with Crippen molar-refractivity contribution in [1.29, 1.82) is 0 Å². The van der Waals surface area contributed by atoms with Gasteiger partial charge in [-0.25, -0.2) is 28.4 Å². The standard InChI is InChI=1S/C20H16FN9O.C17H13ClFN7O.C3H4N2/c1-28-11-12(5-6-16(28)31)17-18(29-9-3-8-24-29)26-20(22)30-19(17)25-15(27-30)10-14-13(21)4-2-7-23-14;1-25-8-9(4-5-13(25)27)14-15(18)23-17(20)26-16(14)22-12(24-26)7-11-10(19)3-2-6-21-11;1-2-4-5-3-1/h2-9,11H,10H2,1H3,(H2,22,26);2-6,8H,7H2,1H3,(H2,20,23);1-3H,(H,4,5). The molecule has 23 heteroatoms. The molecule has 0 aliphatic carbocycles. The summed E-state index contributed by atoms with van der Waals surface area (Å²) >= 11 is 6.30. The van der Waals surface area contributed by atoms with E-state index < -0.39 is 11.6 Å². The second-order valence-corrected chi connectivity index (χ2v) is 13.9. The number of nitrogens with one attached hydrogen (secondary N) is 1. The van der Waals surface area contributed by atoms with Gasteiger partial charge in [0.05, 0.1) is 35.4 Å². The van der Waals surface area contributed by atoms with Crippen molar-refractivity contribution in [2.45, 2.75) is 12.8 Å². The second-order valence-electron chi connectivity index (χ2n) is 13.5. The molecule has 0 radical (unpaired) electrons. The molecule has 316 valence electrons. The molecule has 10 aromatic rings. The van der Waals surface area contributed by atoms with Crippen molar-refractivity contribution in [3.8, 4) is 28.1 Å². The summed E-state index contributed by atoms with van der Waals surface area (Å²) in [6.07, 6.45) is 13.3. The Kier molecular flexibility index (Phi) is 11.5. The molecule has 0 saturated heterocycles. The zero-order chi connectivity index (χ0) is 44.2. The monoisotopic (exact) mass is 870 g/mol. The Morgan fingerprint density at radius 3 is 1.70 bits per heavy atom. The number of nitrogens with zero attached hydrogens (tertiary/aromatic N) is 15. The Hall–Kier alpha value is -8.53. The van der Waals surface area contributed by atoms with E-state index in [2.05, 4.69) is 55.4 Å². The summed E-state index contributed by atoms with van der Waals surface area (Å²) in [6, 6.07) is 15.4. The van der Waals surface area contributed by atoms with Gasteiger partial charge in [0, 0.05) is 86.9 Å². The van der Waals surface area contributed by atoms with Crippen LogP contribution in [0.4, 0.5) is 20.7 Å². The highest BCUT2D eigenvalue weighted by atomic mass is 35.5. The summed E-state index contributed by atoms with van der Waals surface area (Å²) in [6.45, 7) is 0. The Balaban J connectivity index is 0.000000157. The molecule has 20 nitrogen and oxygen atoms in total. The first-order chi connectivity index (χ1) is 30.4. The van der Waals surface area contributed by atoms with E-state index in [0.717, 1.165) is 0 Å². The van der Waals surface area contributed by atoms with Gasteiger partial charge in [0.25, 0.3) is 0 Å². The molecular weight excluding hydrogens is 838 g/mol. The predicted octanol–water partition coefficient (Wildman–Crippen LogP) is 3.64. The van der Waals surface area contributed by atoms with Gasteiger partial charge in [-0.15, -0.1) is 10.2 Å². The minimum atomic E-state index is -0.446. The van der Waals surface area contributed by atoms with Gasteiger partial charge in [-0.3, -0.25) is 24.7 Å². The third-order valence-electron chi connectivity index (χ3n) is 9.24. The molecule has 0 unspecified atom stereocenters. The molecule has 0 atom stereocenters. The SMILES string of the molecule is Cn1cc(-c2c(-n3cccn3)nc(N)n3nc(Cc4ncccc4F)nc23)ccc1=O.Cn1cc(-c2c(Cl)nc(N)n3nc(Cc4ncccc4F)nc23)ccc1=O.c1cn[nH]c1. The molecular formula is C40H33ClF2N18O2. The molecule has 10 heterocycles. The van der Waals surface area contributed by atoms with E-state index in [1.165, 1.54) is 67.0 Å². The van der Waals surface area contributed by atoms with Gasteiger partial charge in [-0.1, -0.05) is 11.6 Å². The maximum absolute atomic E-state index is 14.1. The smallest absolute Gasteiger partial charge is 0.250 e. The molecule has 0 amide bonds. The zero-order valence-electron chi connectivity index (χ0n) is 33.1. The third-order valence-corrected chi connectivity index (χ3v) is 9.52. The Morgan fingerprint density at radius 1 is 0.667 bits per heavy atom. The lowest BCUT2D eigenvalue weighted by Crippen LogP contribution is -2.15. The molecule has 0 bridgehead atoms. The number of nitrogen functional groups attached to an aromatic ring is 2. The number of rotatable bonds is 7. The second kappa shape index (κ2) is 17.6. The molecule has 0 aliphatic rings. The fraction of sp³-hybridized carbons (Fsp3) is 0.100. The Labute approximate surface area is 358 Å². The number of hydrogen-bond acceptors (Lipinski definition) is 14. The number of aryl methyl sites for hydroxylation is 2. The highest BCUT2D eigenvalue weighted by molar-refractivity contribution is 6.33. The van der Waals surface area contributed by atoms with Crippen LogP contribution in [0.5, 0.6) is 0 Å². The lowest BCUT2D eigenvalue weighted by molar-refractivity contribution is 0.601. The van der Waals surface area contributed by atoms with E-state index >= 15 is 0 Å². The van der Waals surface area contributed by atoms with E-state index in [-0.39, 0.29) is 52.4 Å². The number of aromatic nitrogens is 16. The van der Waals surface area contributed by atoms with Crippen molar-refractivity contribution in [2.24, 2.45) is 14.1 Å². The summed E-state index contributed by atoms with van der Waals surface area (Å²) in [5, 5.41) is 19.3. The summed E-state index contributed by atoms with van der Waals surface area (Å²) in [5.41, 5.74) is 15.3. The Morgan fingerprint density at radius 2 is 1.22 bits per heavy atom. The quantitative estimate of drug-likeness (QED) is 0.193. The van der Waals surface area contributed by atoms with Gasteiger partial charge in [0.2, 0.25) is 23.0 Å². The highest BCUT2D eigenvalue weighted by Crippen LogP contribution is 2.32. The largest absolute Gasteiger partial charge is 0.368 e. The van der Waals surface area contributed by atoms with Crippen LogP contribution in [0.15, 0.2) is 120 Å². The number of anilines is 2. The van der Waals surface area contributed by atoms with Crippen molar-refractivity contribution < 1.29 is 8.78 Å². The number of aromatic amines is 1. The van der Waals surface area contributed by atoms with Gasteiger partial charge < -0.3 is 20.6 Å². The van der Waals surface area contributed by atoms with Crippen molar-refractivity contribution in [3.63, 3.8) is 0 Å². The fourth-order valence-corrected chi connectivity index (χ4v) is 6.55. The lowest BCUT2D eigenvalue weighted by atomic mass is 10.1. The van der Waals surface area contributed by atoms with Gasteiger partial charge in [0.15, 0.2) is 28.8 Å². The summed E-state index contributed by atoms with van der Waals surface area (Å²) in [7, 11) is 3.28. The first-order valence-corrected chi connectivity index (χ1v) is 19.1. The van der Waals surface area contributed by atoms with E-state index in [1.54, 1.807) is 74.2 Å². The number of pyridine rings is 4. The molecule has 0 spiro atoms. The maximum Gasteiger partial charge on any atom is 0.250 e. The van der Waals surface area contributed by atoms with Crippen LogP contribution in [0.2, 0.25) is 5.15 Å². The molecule has 63 heavy (non-hydrogen) atoms. The van der Waals surface area contributed by atoms with Crippen LogP contribution < -0.4 is 22.6 Å². The van der Waals surface area contributed by atoms with Crippen LogP contribution in [0.25, 0.3) is 39.4 Å². The molecule has 0 aromatic carbocycles. The molecule has 0 aliphatic heterocycles. The topological polar surface area (TPSA) is 254 Å². The van der Waals surface area contributed by atoms with Gasteiger partial charge >= 0.3 is 0 Å². The van der Waals surface area contributed by atoms with Crippen molar-refractivity contribution in [3.05, 3.63) is 171 Å². The normalized spacial score (nSPS) is 11.0. The maximum atomic E-state index is 14.1. The van der Waals surface area contributed by atoms with Crippen LogP contribution in [0, 0.1) is 11.6 Å². The van der Waals surface area contributed by atoms with E-state index in [4.69, 9.17) is 23.1 Å². The molecule has 0 saturated carbocycles. The first kappa shape index (κ1) is 41.2. The molecule has 10 aromatic heterocycles. The van der Waals surface area contributed by atoms with E-state index in [0.29, 0.717) is 51.0 Å². The minimum absolute atomic E-state index is 0.0452. The average molecular weight is 871 g/mol. The van der Waals surface area contributed by atoms with Crippen LogP contribution in [0.1, 0.15) is 23.0 Å². The Bertz CT molecular complexity index is 3330. The zero-order valence-corrected chi connectivity index (χ0v) is 33.9. The van der Waals surface area contributed by atoms with Gasteiger partial charge in [-0.05, 0) is 48.5 Å². The third kappa shape index (κ3) is 8.72. The van der Waals surface area contributed by atoms with Crippen molar-refractivity contribution in [2.75, 3.05) is 11.5 Å². The van der Waals surface area contributed by atoms with Crippen LogP contribution >= 0.6 is 11.6 Å². The lowest BCUT2D eigenvalue weighted by Gasteiger charge is -2.12. The number of fused-ring (bicyclic) bond motifs is 2. The van der Waals surface area contributed by atoms with E-state index in [1.807, 2.05) is 6.07 Å². The van der Waals surface area contributed by atoms with Crippen LogP contribution in [-0.4, -0.2) is 78.2 Å². The molecule has 10 rings (SSSR count). The number of hydrogen-bond donors (Lipinski definition) is 3. The molecule has 0 fully saturated rings. The highest BCUT2D eigenvalue weighted by Gasteiger charge is 2.22. The summed E-state index contributed by atoms with van der Waals surface area (Å²) in [5.74, 6) is 0.320. The number of halogens is 3. The summed E-state index contributed by atoms with van der Waals surface area (Å²) in [4.78, 5) is 49.3. The van der Waals surface area contributed by atoms with Crippen LogP contribution in [0.3, 0.4) is 0 Å². The van der Waals surface area contributed by atoms with Gasteiger partial charge in [0.1, 0.15) is 16.8 Å². The van der Waals surface area contributed by atoms with Gasteiger partial charge in [-0.2, -0.15) is 24.2 Å². The average Bonchev–Trinajstić information content (AvgIpc) is 4.12. The minimum Gasteiger partial charge on any atom is -0.368 e. The first-order valence-electron chi connectivity index (χ1n) is 18.7.